The molecule has 4 rings (SSSR count). The maximum atomic E-state index is 12.9. The number of carbonyl (C=O) groups excluding carboxylic acids is 1. The standard InChI is InChI=1S/C20H19ClN4O5S2/c1-12(18(26)22-20-24-23-19(31-20)13-3-5-14(21)6-4-13)25(32(2,27)28)15-7-8-16-17(11-15)30-10-9-29-16/h3-8,11-12H,9-10H2,1-2H3,(H,22,24,26)/t12-/m1/s1. The van der Waals surface area contributed by atoms with Crippen molar-refractivity contribution in [2.24, 2.45) is 0 Å². The fourth-order valence-corrected chi connectivity index (χ4v) is 5.22. The first-order chi connectivity index (χ1) is 15.2. The Labute approximate surface area is 194 Å². The normalized spacial score (nSPS) is 14.0. The number of ether oxygens (including phenoxy) is 2. The minimum absolute atomic E-state index is 0.252. The first-order valence-corrected chi connectivity index (χ1v) is 12.6. The van der Waals surface area contributed by atoms with Crippen LogP contribution >= 0.6 is 22.9 Å². The first kappa shape index (κ1) is 22.3. The van der Waals surface area contributed by atoms with Crippen LogP contribution in [-0.2, 0) is 14.8 Å². The summed E-state index contributed by atoms with van der Waals surface area (Å²) in [5.74, 6) is 0.394. The van der Waals surface area contributed by atoms with Crippen molar-refractivity contribution in [1.29, 1.82) is 0 Å². The van der Waals surface area contributed by atoms with Crippen LogP contribution in [0, 0.1) is 0 Å². The molecule has 2 heterocycles. The van der Waals surface area contributed by atoms with Gasteiger partial charge in [-0.15, -0.1) is 10.2 Å². The second kappa shape index (κ2) is 8.93. The third-order valence-corrected chi connectivity index (χ3v) is 7.00. The summed E-state index contributed by atoms with van der Waals surface area (Å²) in [5.41, 5.74) is 1.09. The monoisotopic (exact) mass is 494 g/mol. The number of hydrogen-bond donors (Lipinski definition) is 1. The molecule has 0 saturated heterocycles. The van der Waals surface area contributed by atoms with Crippen LogP contribution in [0.1, 0.15) is 6.92 Å². The van der Waals surface area contributed by atoms with Crippen LogP contribution in [0.4, 0.5) is 10.8 Å². The summed E-state index contributed by atoms with van der Waals surface area (Å²) in [6.07, 6.45) is 1.04. The van der Waals surface area contributed by atoms with Crippen LogP contribution in [0.25, 0.3) is 10.6 Å². The number of nitrogens with zero attached hydrogens (tertiary/aromatic N) is 3. The topological polar surface area (TPSA) is 111 Å². The van der Waals surface area contributed by atoms with Gasteiger partial charge in [0.15, 0.2) is 11.5 Å². The Hall–Kier alpha value is -2.89. The number of anilines is 2. The SMILES string of the molecule is C[C@H](C(=O)Nc1nnc(-c2ccc(Cl)cc2)s1)N(c1ccc2c(c1)OCCO2)S(C)(=O)=O. The van der Waals surface area contributed by atoms with Gasteiger partial charge in [-0.05, 0) is 31.2 Å². The number of hydrogen-bond acceptors (Lipinski definition) is 8. The summed E-state index contributed by atoms with van der Waals surface area (Å²) in [4.78, 5) is 12.9. The smallest absolute Gasteiger partial charge is 0.249 e. The van der Waals surface area contributed by atoms with E-state index in [1.807, 2.05) is 0 Å². The molecule has 3 aromatic rings. The predicted octanol–water partition coefficient (Wildman–Crippen LogP) is 3.42. The van der Waals surface area contributed by atoms with Crippen LogP contribution in [-0.4, -0.2) is 50.0 Å². The van der Waals surface area contributed by atoms with E-state index >= 15 is 0 Å². The van der Waals surface area contributed by atoms with Crippen molar-refractivity contribution >= 4 is 49.7 Å². The van der Waals surface area contributed by atoms with Gasteiger partial charge in [-0.3, -0.25) is 14.4 Å². The Morgan fingerprint density at radius 1 is 1.12 bits per heavy atom. The number of amides is 1. The zero-order valence-corrected chi connectivity index (χ0v) is 19.5. The molecule has 0 saturated carbocycles. The number of aromatic nitrogens is 2. The molecule has 0 bridgehead atoms. The van der Waals surface area contributed by atoms with Gasteiger partial charge in [0.25, 0.3) is 0 Å². The van der Waals surface area contributed by atoms with E-state index in [2.05, 4.69) is 15.5 Å². The van der Waals surface area contributed by atoms with Crippen LogP contribution < -0.4 is 19.1 Å². The van der Waals surface area contributed by atoms with Crippen molar-refractivity contribution in [3.8, 4) is 22.1 Å². The average molecular weight is 495 g/mol. The van der Waals surface area contributed by atoms with Gasteiger partial charge in [-0.2, -0.15) is 0 Å². The fraction of sp³-hybridized carbons (Fsp3) is 0.250. The third kappa shape index (κ3) is 4.79. The van der Waals surface area contributed by atoms with Crippen LogP contribution in [0.3, 0.4) is 0 Å². The van der Waals surface area contributed by atoms with Crippen molar-refractivity contribution in [2.75, 3.05) is 29.1 Å². The summed E-state index contributed by atoms with van der Waals surface area (Å²) < 4.78 is 37.2. The lowest BCUT2D eigenvalue weighted by molar-refractivity contribution is -0.116. The van der Waals surface area contributed by atoms with E-state index in [1.165, 1.54) is 18.3 Å². The summed E-state index contributed by atoms with van der Waals surface area (Å²) in [5, 5.41) is 12.2. The second-order valence-electron chi connectivity index (χ2n) is 6.97. The molecule has 0 radical (unpaired) electrons. The van der Waals surface area contributed by atoms with E-state index < -0.39 is 22.0 Å². The van der Waals surface area contributed by atoms with E-state index in [9.17, 15) is 13.2 Å². The van der Waals surface area contributed by atoms with Crippen LogP contribution in [0.2, 0.25) is 5.02 Å². The molecular weight excluding hydrogens is 476 g/mol. The van der Waals surface area contributed by atoms with Gasteiger partial charge in [0, 0.05) is 16.7 Å². The van der Waals surface area contributed by atoms with Gasteiger partial charge in [-0.1, -0.05) is 35.1 Å². The molecule has 1 atom stereocenters. The molecule has 9 nitrogen and oxygen atoms in total. The Kier molecular flexibility index (Phi) is 6.22. The number of halogens is 1. The Morgan fingerprint density at radius 3 is 2.50 bits per heavy atom. The molecule has 1 aliphatic heterocycles. The highest BCUT2D eigenvalue weighted by Gasteiger charge is 2.31. The van der Waals surface area contributed by atoms with E-state index in [0.29, 0.717) is 40.4 Å². The molecule has 1 amide bonds. The summed E-state index contributed by atoms with van der Waals surface area (Å²) in [6.45, 7) is 2.27. The lowest BCUT2D eigenvalue weighted by atomic mass is 10.2. The molecule has 0 unspecified atom stereocenters. The van der Waals surface area contributed by atoms with Crippen molar-refractivity contribution in [3.63, 3.8) is 0 Å². The minimum atomic E-state index is -3.79. The van der Waals surface area contributed by atoms with Crippen molar-refractivity contribution < 1.29 is 22.7 Å². The largest absolute Gasteiger partial charge is 0.486 e. The van der Waals surface area contributed by atoms with E-state index in [1.54, 1.807) is 42.5 Å². The average Bonchev–Trinajstić information content (AvgIpc) is 3.21. The minimum Gasteiger partial charge on any atom is -0.486 e. The molecule has 1 aromatic heterocycles. The highest BCUT2D eigenvalue weighted by Crippen LogP contribution is 2.35. The first-order valence-electron chi connectivity index (χ1n) is 9.52. The molecule has 2 aromatic carbocycles. The molecule has 0 spiro atoms. The van der Waals surface area contributed by atoms with Gasteiger partial charge in [0.1, 0.15) is 24.3 Å². The van der Waals surface area contributed by atoms with Crippen molar-refractivity contribution in [2.45, 2.75) is 13.0 Å². The number of carbonyl (C=O) groups is 1. The second-order valence-corrected chi connectivity index (χ2v) is 10.2. The Morgan fingerprint density at radius 2 is 1.81 bits per heavy atom. The summed E-state index contributed by atoms with van der Waals surface area (Å²) in [7, 11) is -3.79. The van der Waals surface area contributed by atoms with Gasteiger partial charge in [0.2, 0.25) is 21.1 Å². The molecule has 1 aliphatic rings. The lowest BCUT2D eigenvalue weighted by Crippen LogP contribution is -2.45. The van der Waals surface area contributed by atoms with Gasteiger partial charge >= 0.3 is 0 Å². The highest BCUT2D eigenvalue weighted by atomic mass is 35.5. The molecular formula is C20H19ClN4O5S2. The number of benzene rings is 2. The zero-order valence-electron chi connectivity index (χ0n) is 17.1. The lowest BCUT2D eigenvalue weighted by Gasteiger charge is -2.29. The quantitative estimate of drug-likeness (QED) is 0.558. The number of fused-ring (bicyclic) bond motifs is 1. The molecule has 32 heavy (non-hydrogen) atoms. The van der Waals surface area contributed by atoms with Crippen LogP contribution in [0.15, 0.2) is 42.5 Å². The molecule has 0 fully saturated rings. The maximum absolute atomic E-state index is 12.9. The van der Waals surface area contributed by atoms with Gasteiger partial charge in [0.05, 0.1) is 11.9 Å². The number of rotatable bonds is 6. The molecule has 12 heteroatoms. The molecule has 0 aliphatic carbocycles. The van der Waals surface area contributed by atoms with Gasteiger partial charge in [-0.25, -0.2) is 8.42 Å². The van der Waals surface area contributed by atoms with E-state index in [-0.39, 0.29) is 5.13 Å². The fourth-order valence-electron chi connectivity index (χ4n) is 3.17. The Balaban J connectivity index is 1.55. The number of sulfonamides is 1. The van der Waals surface area contributed by atoms with E-state index in [0.717, 1.165) is 16.1 Å². The highest BCUT2D eigenvalue weighted by molar-refractivity contribution is 7.92. The summed E-state index contributed by atoms with van der Waals surface area (Å²) in [6, 6.07) is 10.7. The molecule has 168 valence electrons. The van der Waals surface area contributed by atoms with Crippen molar-refractivity contribution in [1.82, 2.24) is 10.2 Å². The van der Waals surface area contributed by atoms with Gasteiger partial charge < -0.3 is 9.47 Å². The Bertz CT molecular complexity index is 1250. The van der Waals surface area contributed by atoms with Crippen molar-refractivity contribution in [3.05, 3.63) is 47.5 Å². The predicted molar refractivity (Wildman–Crippen MR) is 123 cm³/mol. The van der Waals surface area contributed by atoms with Crippen LogP contribution in [0.5, 0.6) is 11.5 Å². The maximum Gasteiger partial charge on any atom is 0.249 e. The van der Waals surface area contributed by atoms with E-state index in [4.69, 9.17) is 21.1 Å². The summed E-state index contributed by atoms with van der Waals surface area (Å²) >= 11 is 7.08. The molecule has 1 N–H and O–H groups in total. The zero-order chi connectivity index (χ0) is 22.9. The number of nitrogens with one attached hydrogen (secondary N) is 1. The third-order valence-electron chi connectivity index (χ3n) is 4.62.